The Labute approximate surface area is 187 Å². The molecule has 1 fully saturated rings. The van der Waals surface area contributed by atoms with Gasteiger partial charge >= 0.3 is 6.18 Å². The highest BCUT2D eigenvalue weighted by molar-refractivity contribution is 9.10. The minimum absolute atomic E-state index is 0.00952. The third-order valence-corrected chi connectivity index (χ3v) is 6.42. The van der Waals surface area contributed by atoms with Crippen molar-refractivity contribution in [3.8, 4) is 0 Å². The van der Waals surface area contributed by atoms with Crippen LogP contribution >= 0.6 is 15.9 Å². The number of anilines is 2. The molecule has 0 bridgehead atoms. The van der Waals surface area contributed by atoms with E-state index in [-0.39, 0.29) is 35.0 Å². The quantitative estimate of drug-likeness (QED) is 0.555. The van der Waals surface area contributed by atoms with E-state index in [4.69, 9.17) is 0 Å². The molecule has 1 saturated heterocycles. The molecule has 1 atom stereocenters. The number of amides is 2. The summed E-state index contributed by atoms with van der Waals surface area (Å²) in [6, 6.07) is 8.99. The summed E-state index contributed by atoms with van der Waals surface area (Å²) in [5, 5.41) is 2.63. The zero-order chi connectivity index (χ0) is 23.1. The van der Waals surface area contributed by atoms with E-state index < -0.39 is 23.1 Å². The summed E-state index contributed by atoms with van der Waals surface area (Å²) in [6.45, 7) is 7.68. The minimum atomic E-state index is -4.54. The lowest BCUT2D eigenvalue weighted by Crippen LogP contribution is -2.43. The predicted molar refractivity (Wildman–Crippen MR) is 118 cm³/mol. The van der Waals surface area contributed by atoms with Crippen molar-refractivity contribution in [2.24, 2.45) is 11.3 Å². The Morgan fingerprint density at radius 2 is 1.77 bits per heavy atom. The number of para-hydroxylation sites is 1. The Morgan fingerprint density at radius 1 is 1.16 bits per heavy atom. The Kier molecular flexibility index (Phi) is 6.24. The van der Waals surface area contributed by atoms with Crippen LogP contribution in [0.3, 0.4) is 0 Å². The number of carbonyl (C=O) groups excluding carboxylic acids is 2. The molecule has 3 rings (SSSR count). The fourth-order valence-electron chi connectivity index (χ4n) is 4.11. The lowest BCUT2D eigenvalue weighted by Gasteiger charge is -2.32. The molecule has 1 aliphatic heterocycles. The normalized spacial score (nSPS) is 19.3. The van der Waals surface area contributed by atoms with Crippen LogP contribution in [0.2, 0.25) is 0 Å². The Bertz CT molecular complexity index is 1020. The van der Waals surface area contributed by atoms with E-state index in [1.165, 1.54) is 6.07 Å². The number of rotatable bonds is 4. The highest BCUT2D eigenvalue weighted by Gasteiger charge is 2.51. The molecule has 2 amide bonds. The molecule has 1 N–H and O–H groups in total. The number of aryl methyl sites for hydroxylation is 2. The zero-order valence-electron chi connectivity index (χ0n) is 17.7. The van der Waals surface area contributed by atoms with Gasteiger partial charge in [-0.15, -0.1) is 0 Å². The van der Waals surface area contributed by atoms with E-state index in [1.807, 2.05) is 45.9 Å². The number of carbonyl (C=O) groups is 2. The summed E-state index contributed by atoms with van der Waals surface area (Å²) < 4.78 is 39.7. The van der Waals surface area contributed by atoms with Crippen LogP contribution in [0.4, 0.5) is 24.5 Å². The van der Waals surface area contributed by atoms with E-state index in [1.54, 1.807) is 4.90 Å². The van der Waals surface area contributed by atoms with Crippen LogP contribution in [0.1, 0.15) is 37.0 Å². The van der Waals surface area contributed by atoms with Gasteiger partial charge in [-0.1, -0.05) is 48.0 Å². The fraction of sp³-hybridized carbons (Fsp3) is 0.391. The van der Waals surface area contributed by atoms with Gasteiger partial charge in [0.15, 0.2) is 0 Å². The zero-order valence-corrected chi connectivity index (χ0v) is 19.3. The summed E-state index contributed by atoms with van der Waals surface area (Å²) in [7, 11) is 0. The maximum absolute atomic E-state index is 13.4. The van der Waals surface area contributed by atoms with Crippen LogP contribution in [0.5, 0.6) is 0 Å². The highest BCUT2D eigenvalue weighted by Crippen LogP contribution is 2.43. The first-order valence-corrected chi connectivity index (χ1v) is 10.7. The number of benzene rings is 2. The maximum atomic E-state index is 13.4. The first kappa shape index (κ1) is 23.3. The van der Waals surface area contributed by atoms with Crippen molar-refractivity contribution in [1.82, 2.24) is 0 Å². The molecule has 166 valence electrons. The average molecular weight is 497 g/mol. The number of halogens is 4. The average Bonchev–Trinajstić information content (AvgIpc) is 2.99. The van der Waals surface area contributed by atoms with Crippen molar-refractivity contribution in [1.29, 1.82) is 0 Å². The Balaban J connectivity index is 1.95. The predicted octanol–water partition coefficient (Wildman–Crippen LogP) is 6.10. The second kappa shape index (κ2) is 8.30. The van der Waals surface area contributed by atoms with Gasteiger partial charge in [-0.25, -0.2) is 0 Å². The lowest BCUT2D eigenvalue weighted by atomic mass is 9.75. The molecule has 0 aliphatic carbocycles. The van der Waals surface area contributed by atoms with Crippen LogP contribution in [-0.4, -0.2) is 18.4 Å². The lowest BCUT2D eigenvalue weighted by molar-refractivity contribution is -0.137. The molecule has 0 aromatic heterocycles. The van der Waals surface area contributed by atoms with Crippen molar-refractivity contribution in [2.45, 2.75) is 40.3 Å². The van der Waals surface area contributed by atoms with Gasteiger partial charge in [-0.2, -0.15) is 13.2 Å². The number of hydrogen-bond donors (Lipinski definition) is 1. The molecule has 4 nitrogen and oxygen atoms in total. The third kappa shape index (κ3) is 4.49. The van der Waals surface area contributed by atoms with Gasteiger partial charge < -0.3 is 10.2 Å². The van der Waals surface area contributed by atoms with E-state index in [9.17, 15) is 22.8 Å². The van der Waals surface area contributed by atoms with E-state index >= 15 is 0 Å². The summed E-state index contributed by atoms with van der Waals surface area (Å²) in [6.07, 6.45) is -4.55. The standard InChI is InChI=1S/C23H24BrF3N2O2/c1-13(2)22(11-19(30)29(12-22)20-14(3)6-5-7-15(20)4)21(31)28-18-9-16(23(25,26)27)8-17(24)10-18/h5-10,13H,11-12H2,1-4H3,(H,28,31). The molecule has 0 spiro atoms. The largest absolute Gasteiger partial charge is 0.416 e. The van der Waals surface area contributed by atoms with Crippen molar-refractivity contribution < 1.29 is 22.8 Å². The van der Waals surface area contributed by atoms with Gasteiger partial charge in [0.05, 0.1) is 11.0 Å². The number of nitrogens with one attached hydrogen (secondary N) is 1. The number of hydrogen-bond acceptors (Lipinski definition) is 2. The van der Waals surface area contributed by atoms with Crippen molar-refractivity contribution in [3.63, 3.8) is 0 Å². The molecule has 1 unspecified atom stereocenters. The maximum Gasteiger partial charge on any atom is 0.416 e. The monoisotopic (exact) mass is 496 g/mol. The van der Waals surface area contributed by atoms with Crippen molar-refractivity contribution in [2.75, 3.05) is 16.8 Å². The third-order valence-electron chi connectivity index (χ3n) is 5.96. The first-order valence-electron chi connectivity index (χ1n) is 9.91. The number of nitrogens with zero attached hydrogens (tertiary/aromatic N) is 1. The molecule has 1 aliphatic rings. The van der Waals surface area contributed by atoms with Gasteiger partial charge in [0.25, 0.3) is 0 Å². The van der Waals surface area contributed by atoms with Gasteiger partial charge in [0, 0.05) is 28.8 Å². The van der Waals surface area contributed by atoms with Crippen LogP contribution < -0.4 is 10.2 Å². The van der Waals surface area contributed by atoms with E-state index in [2.05, 4.69) is 21.2 Å². The van der Waals surface area contributed by atoms with Crippen LogP contribution in [0.25, 0.3) is 0 Å². The summed E-state index contributed by atoms with van der Waals surface area (Å²) in [4.78, 5) is 28.0. The minimum Gasteiger partial charge on any atom is -0.325 e. The second-order valence-electron chi connectivity index (χ2n) is 8.39. The smallest absolute Gasteiger partial charge is 0.325 e. The molecule has 0 radical (unpaired) electrons. The van der Waals surface area contributed by atoms with Gasteiger partial charge in [0.1, 0.15) is 0 Å². The first-order chi connectivity index (χ1) is 14.3. The molecular formula is C23H24BrF3N2O2. The van der Waals surface area contributed by atoms with E-state index in [0.29, 0.717) is 0 Å². The van der Waals surface area contributed by atoms with E-state index in [0.717, 1.165) is 28.9 Å². The SMILES string of the molecule is Cc1cccc(C)c1N1CC(C(=O)Nc2cc(Br)cc(C(F)(F)F)c2)(C(C)C)CC1=O. The molecule has 31 heavy (non-hydrogen) atoms. The second-order valence-corrected chi connectivity index (χ2v) is 9.30. The molecule has 2 aromatic carbocycles. The summed E-state index contributed by atoms with van der Waals surface area (Å²) in [5.41, 5.74) is 0.738. The summed E-state index contributed by atoms with van der Waals surface area (Å²) in [5.74, 6) is -0.845. The van der Waals surface area contributed by atoms with Crippen LogP contribution in [-0.2, 0) is 15.8 Å². The van der Waals surface area contributed by atoms with Crippen molar-refractivity contribution in [3.05, 3.63) is 57.6 Å². The molecule has 2 aromatic rings. The number of alkyl halides is 3. The van der Waals surface area contributed by atoms with Gasteiger partial charge in [-0.05, 0) is 49.1 Å². The van der Waals surface area contributed by atoms with Crippen molar-refractivity contribution >= 4 is 39.1 Å². The Hall–Kier alpha value is -2.35. The van der Waals surface area contributed by atoms with Crippen LogP contribution in [0.15, 0.2) is 40.9 Å². The fourth-order valence-corrected chi connectivity index (χ4v) is 4.60. The molecule has 0 saturated carbocycles. The Morgan fingerprint density at radius 3 is 2.32 bits per heavy atom. The van der Waals surface area contributed by atoms with Gasteiger partial charge in [-0.3, -0.25) is 9.59 Å². The van der Waals surface area contributed by atoms with Crippen LogP contribution in [0, 0.1) is 25.2 Å². The summed E-state index contributed by atoms with van der Waals surface area (Å²) >= 11 is 3.07. The molecule has 8 heteroatoms. The van der Waals surface area contributed by atoms with Gasteiger partial charge in [0.2, 0.25) is 11.8 Å². The highest BCUT2D eigenvalue weighted by atomic mass is 79.9. The molecule has 1 heterocycles. The topological polar surface area (TPSA) is 49.4 Å². The molecular weight excluding hydrogens is 473 g/mol.